The molecule has 0 N–H and O–H groups in total. The molecule has 0 atom stereocenters. The van der Waals surface area contributed by atoms with Gasteiger partial charge in [-0.05, 0) is 48.6 Å². The van der Waals surface area contributed by atoms with Crippen LogP contribution < -0.4 is 14.2 Å². The molecule has 0 unspecified atom stereocenters. The van der Waals surface area contributed by atoms with Crippen LogP contribution in [-0.4, -0.2) is 30.5 Å². The number of ether oxygens (including phenoxy) is 1. The largest absolute Gasteiger partial charge is 0.743 e. The number of aromatic nitrogens is 2. The summed E-state index contributed by atoms with van der Waals surface area (Å²) in [6, 6.07) is 15.7. The van der Waals surface area contributed by atoms with E-state index in [0.717, 1.165) is 26.7 Å². The summed E-state index contributed by atoms with van der Waals surface area (Å²) in [6.07, 6.45) is 3.28. The highest BCUT2D eigenvalue weighted by Crippen LogP contribution is 2.46. The van der Waals surface area contributed by atoms with Gasteiger partial charge in [0.05, 0.1) is 17.3 Å². The standard InChI is InChI=1S/C31H24ClN3O8S2/c1-4-8-31(45(39,40)41)35-26-16-22-21-9-6-7-10-23(21)33(3)24(22)17-28(26)43-30(35)14-19(5-2)13-29-34(18-44(36,37)38)25-15-20(32)11-12-27(25)42-29/h6-7,9-17H,1,5,18H2,2-3H3,(H-,36,37,38,39,40,41)/p-1. The van der Waals surface area contributed by atoms with Crippen LogP contribution in [0.1, 0.15) is 19.2 Å². The molecule has 3 aromatic carbocycles. The number of halogens is 1. The summed E-state index contributed by atoms with van der Waals surface area (Å²) in [5, 5.41) is 1.21. The number of hydrogen-bond acceptors (Lipinski definition) is 9. The van der Waals surface area contributed by atoms with Crippen molar-refractivity contribution in [3.8, 4) is 5.75 Å². The highest BCUT2D eigenvalue weighted by atomic mass is 35.5. The van der Waals surface area contributed by atoms with Crippen molar-refractivity contribution in [3.63, 3.8) is 0 Å². The first-order chi connectivity index (χ1) is 21.3. The van der Waals surface area contributed by atoms with Gasteiger partial charge in [-0.3, -0.25) is 4.90 Å². The molecule has 14 heteroatoms. The molecule has 0 saturated heterocycles. The van der Waals surface area contributed by atoms with Gasteiger partial charge in [-0.25, -0.2) is 16.8 Å². The molecule has 0 saturated carbocycles. The highest BCUT2D eigenvalue weighted by molar-refractivity contribution is 7.89. The topological polar surface area (TPSA) is 149 Å². The number of rotatable bonds is 7. The smallest absolute Gasteiger partial charge is 0.375 e. The van der Waals surface area contributed by atoms with E-state index in [1.54, 1.807) is 25.1 Å². The van der Waals surface area contributed by atoms with Gasteiger partial charge >= 0.3 is 5.89 Å². The van der Waals surface area contributed by atoms with Crippen molar-refractivity contribution in [1.29, 1.82) is 0 Å². The lowest BCUT2D eigenvalue weighted by molar-refractivity contribution is -0.658. The average molecular weight is 665 g/mol. The van der Waals surface area contributed by atoms with Crippen molar-refractivity contribution in [2.45, 2.75) is 19.2 Å². The Morgan fingerprint density at radius 3 is 2.51 bits per heavy atom. The lowest BCUT2D eigenvalue weighted by Crippen LogP contribution is -2.39. The summed E-state index contributed by atoms with van der Waals surface area (Å²) >= 11 is 6.12. The summed E-state index contributed by atoms with van der Waals surface area (Å²) in [6.45, 7) is 5.18. The average Bonchev–Trinajstić information content (AvgIpc) is 3.58. The number of fused-ring (bicyclic) bond motifs is 5. The van der Waals surface area contributed by atoms with Crippen molar-refractivity contribution < 1.29 is 39.7 Å². The van der Waals surface area contributed by atoms with Crippen LogP contribution >= 0.6 is 11.6 Å². The predicted molar refractivity (Wildman–Crippen MR) is 167 cm³/mol. The minimum absolute atomic E-state index is 0.0119. The Morgan fingerprint density at radius 2 is 1.82 bits per heavy atom. The Morgan fingerprint density at radius 1 is 1.07 bits per heavy atom. The second kappa shape index (κ2) is 11.1. The van der Waals surface area contributed by atoms with Gasteiger partial charge in [-0.2, -0.15) is 0 Å². The van der Waals surface area contributed by atoms with Crippen molar-refractivity contribution in [1.82, 2.24) is 4.57 Å². The molecule has 0 aliphatic carbocycles. The number of oxazole rings is 1. The van der Waals surface area contributed by atoms with Crippen LogP contribution in [0, 0.1) is 0 Å². The molecule has 45 heavy (non-hydrogen) atoms. The van der Waals surface area contributed by atoms with Gasteiger partial charge in [0.1, 0.15) is 10.1 Å². The third kappa shape index (κ3) is 5.58. The molecule has 0 spiro atoms. The van der Waals surface area contributed by atoms with Gasteiger partial charge in [0.2, 0.25) is 17.3 Å². The molecular weight excluding hydrogens is 642 g/mol. The van der Waals surface area contributed by atoms with Crippen LogP contribution in [0.25, 0.3) is 39.0 Å². The van der Waals surface area contributed by atoms with Gasteiger partial charge in [-0.15, -0.1) is 4.57 Å². The fraction of sp³-hybridized carbons (Fsp3) is 0.129. The molecule has 2 aromatic heterocycles. The number of allylic oxidation sites excluding steroid dienone is 2. The van der Waals surface area contributed by atoms with E-state index in [1.165, 1.54) is 28.9 Å². The van der Waals surface area contributed by atoms with E-state index in [2.05, 4.69) is 18.0 Å². The molecule has 0 fully saturated rings. The van der Waals surface area contributed by atoms with Gasteiger partial charge in [-0.1, -0.05) is 42.5 Å². The fourth-order valence-electron chi connectivity index (χ4n) is 5.35. The van der Waals surface area contributed by atoms with Gasteiger partial charge in [0, 0.05) is 46.6 Å². The summed E-state index contributed by atoms with van der Waals surface area (Å²) in [5.41, 5.74) is 7.61. The number of anilines is 1. The van der Waals surface area contributed by atoms with Crippen LogP contribution in [-0.2, 0) is 33.2 Å². The third-order valence-electron chi connectivity index (χ3n) is 7.31. The Balaban J connectivity index is 1.57. The van der Waals surface area contributed by atoms with Gasteiger partial charge in [0.15, 0.2) is 20.9 Å². The SMILES string of the molecule is C=C=C=C(N1C(=CC(=Cc2oc3ccc(Cl)cc3[n+]2CS(=O)(=O)[O-])CC)Oc2cc3c(cc21)c1ccccc1n3C)S(=O)(=O)[O-]. The highest BCUT2D eigenvalue weighted by Gasteiger charge is 2.34. The second-order valence-electron chi connectivity index (χ2n) is 10.1. The van der Waals surface area contributed by atoms with Crippen LogP contribution in [0.5, 0.6) is 5.75 Å². The van der Waals surface area contributed by atoms with Crippen molar-refractivity contribution in [3.05, 3.63) is 106 Å². The van der Waals surface area contributed by atoms with E-state index in [-0.39, 0.29) is 34.3 Å². The van der Waals surface area contributed by atoms with Gasteiger partial charge in [0.25, 0.3) is 5.52 Å². The van der Waals surface area contributed by atoms with E-state index >= 15 is 0 Å². The van der Waals surface area contributed by atoms with E-state index in [4.69, 9.17) is 20.8 Å². The van der Waals surface area contributed by atoms with Crippen LogP contribution in [0.2, 0.25) is 5.02 Å². The summed E-state index contributed by atoms with van der Waals surface area (Å²) in [5.74, 6) is -0.706. The Kier molecular flexibility index (Phi) is 7.51. The van der Waals surface area contributed by atoms with Crippen LogP contribution in [0.15, 0.2) is 99.6 Å². The first-order valence-corrected chi connectivity index (χ1v) is 16.7. The second-order valence-corrected chi connectivity index (χ2v) is 13.2. The molecule has 5 aromatic rings. The maximum atomic E-state index is 12.5. The first kappa shape index (κ1) is 30.4. The maximum Gasteiger partial charge on any atom is 0.375 e. The quantitative estimate of drug-likeness (QED) is 0.127. The molecule has 0 bridgehead atoms. The fourth-order valence-corrected chi connectivity index (χ4v) is 6.71. The Bertz CT molecular complexity index is 2440. The van der Waals surface area contributed by atoms with E-state index in [0.29, 0.717) is 17.0 Å². The van der Waals surface area contributed by atoms with E-state index in [9.17, 15) is 25.9 Å². The molecule has 11 nitrogen and oxygen atoms in total. The zero-order valence-electron chi connectivity index (χ0n) is 23.8. The Labute approximate surface area is 263 Å². The third-order valence-corrected chi connectivity index (χ3v) is 8.88. The van der Waals surface area contributed by atoms with E-state index < -0.39 is 31.1 Å². The predicted octanol–water partition coefficient (Wildman–Crippen LogP) is 5.38. The van der Waals surface area contributed by atoms with Crippen molar-refractivity contribution >= 4 is 76.5 Å². The van der Waals surface area contributed by atoms with Gasteiger partial charge < -0.3 is 22.8 Å². The molecular formula is C31H23ClN3O8S2-. The lowest BCUT2D eigenvalue weighted by Gasteiger charge is -2.22. The number of benzene rings is 3. The minimum Gasteiger partial charge on any atom is -0.743 e. The monoisotopic (exact) mass is 664 g/mol. The molecule has 230 valence electrons. The number of nitrogens with zero attached hydrogens (tertiary/aromatic N) is 3. The number of aryl methyl sites for hydroxylation is 1. The number of hydrogen-bond donors (Lipinski definition) is 0. The maximum absolute atomic E-state index is 12.5. The van der Waals surface area contributed by atoms with Crippen LogP contribution in [0.3, 0.4) is 0 Å². The summed E-state index contributed by atoms with van der Waals surface area (Å²) in [4.78, 5) is 1.12. The van der Waals surface area contributed by atoms with Crippen LogP contribution in [0.4, 0.5) is 5.69 Å². The summed E-state index contributed by atoms with van der Waals surface area (Å²) in [7, 11) is -7.98. The first-order valence-electron chi connectivity index (χ1n) is 13.4. The molecule has 0 amide bonds. The van der Waals surface area contributed by atoms with Crippen molar-refractivity contribution in [2.24, 2.45) is 7.05 Å². The Hall–Kier alpha value is -4.58. The lowest BCUT2D eigenvalue weighted by atomic mass is 10.1. The minimum atomic E-state index is -5.13. The molecule has 6 rings (SSSR count). The zero-order valence-corrected chi connectivity index (χ0v) is 26.2. The normalized spacial score (nSPS) is 14.6. The zero-order chi connectivity index (χ0) is 32.3. The molecule has 1 aliphatic heterocycles. The van der Waals surface area contributed by atoms with E-state index in [1.807, 2.05) is 35.9 Å². The van der Waals surface area contributed by atoms with Crippen molar-refractivity contribution in [2.75, 3.05) is 4.90 Å². The number of para-hydroxylation sites is 1. The molecule has 1 aliphatic rings. The molecule has 3 heterocycles. The molecule has 0 radical (unpaired) electrons. The summed E-state index contributed by atoms with van der Waals surface area (Å²) < 4.78 is 88.1.